The molecule has 0 heterocycles. The standard InChI is InChI=1S/C14H20N2O3S/c1-16(8-9-20-2)14(19)15-10-12(13(17)18)11-6-4-3-5-7-11/h3-7,12H,8-10H2,1-2H3,(H,15,19)(H,17,18). The topological polar surface area (TPSA) is 69.6 Å². The van der Waals surface area contributed by atoms with Gasteiger partial charge in [-0.3, -0.25) is 4.79 Å². The van der Waals surface area contributed by atoms with Crippen LogP contribution in [0.4, 0.5) is 4.79 Å². The minimum atomic E-state index is -0.941. The molecule has 5 nitrogen and oxygen atoms in total. The van der Waals surface area contributed by atoms with Gasteiger partial charge in [0.15, 0.2) is 0 Å². The largest absolute Gasteiger partial charge is 0.481 e. The van der Waals surface area contributed by atoms with Crippen LogP contribution in [0.2, 0.25) is 0 Å². The summed E-state index contributed by atoms with van der Waals surface area (Å²) in [6.45, 7) is 0.720. The lowest BCUT2D eigenvalue weighted by atomic mass is 9.99. The highest BCUT2D eigenvalue weighted by molar-refractivity contribution is 7.98. The first-order valence-corrected chi connectivity index (χ1v) is 7.71. The number of urea groups is 1. The molecular formula is C14H20N2O3S. The predicted molar refractivity (Wildman–Crippen MR) is 81.2 cm³/mol. The molecule has 110 valence electrons. The fraction of sp³-hybridized carbons (Fsp3) is 0.429. The van der Waals surface area contributed by atoms with Crippen molar-refractivity contribution in [2.45, 2.75) is 5.92 Å². The second-order valence-electron chi connectivity index (χ2n) is 4.40. The van der Waals surface area contributed by atoms with E-state index >= 15 is 0 Å². The van der Waals surface area contributed by atoms with Crippen LogP contribution in [-0.4, -0.2) is 54.2 Å². The number of thioether (sulfide) groups is 1. The van der Waals surface area contributed by atoms with Gasteiger partial charge >= 0.3 is 12.0 Å². The summed E-state index contributed by atoms with van der Waals surface area (Å²) in [7, 11) is 1.70. The number of aliphatic carboxylic acids is 1. The van der Waals surface area contributed by atoms with Crippen molar-refractivity contribution in [2.24, 2.45) is 0 Å². The van der Waals surface area contributed by atoms with Crippen molar-refractivity contribution >= 4 is 23.8 Å². The highest BCUT2D eigenvalue weighted by atomic mass is 32.2. The number of carbonyl (C=O) groups is 2. The summed E-state index contributed by atoms with van der Waals surface area (Å²) in [5.74, 6) is -0.817. The van der Waals surface area contributed by atoms with Gasteiger partial charge in [-0.15, -0.1) is 0 Å². The van der Waals surface area contributed by atoms with E-state index in [1.54, 1.807) is 48.0 Å². The van der Waals surface area contributed by atoms with Gasteiger partial charge in [-0.05, 0) is 11.8 Å². The number of carboxylic acid groups (broad SMARTS) is 1. The second-order valence-corrected chi connectivity index (χ2v) is 5.39. The van der Waals surface area contributed by atoms with Crippen molar-refractivity contribution in [2.75, 3.05) is 32.1 Å². The average Bonchev–Trinajstić information content (AvgIpc) is 2.45. The molecule has 0 aromatic heterocycles. The Bertz CT molecular complexity index is 439. The lowest BCUT2D eigenvalue weighted by molar-refractivity contribution is -0.138. The quantitative estimate of drug-likeness (QED) is 0.806. The van der Waals surface area contributed by atoms with Gasteiger partial charge in [0.1, 0.15) is 0 Å². The summed E-state index contributed by atoms with van der Waals surface area (Å²) >= 11 is 1.66. The van der Waals surface area contributed by atoms with E-state index in [2.05, 4.69) is 5.32 Å². The monoisotopic (exact) mass is 296 g/mol. The Kier molecular flexibility index (Phi) is 6.93. The molecule has 1 atom stereocenters. The van der Waals surface area contributed by atoms with Crippen molar-refractivity contribution < 1.29 is 14.7 Å². The summed E-state index contributed by atoms with van der Waals surface area (Å²) in [6, 6.07) is 8.67. The van der Waals surface area contributed by atoms with E-state index in [0.29, 0.717) is 12.1 Å². The molecule has 6 heteroatoms. The molecule has 0 saturated heterocycles. The van der Waals surface area contributed by atoms with Gasteiger partial charge in [-0.25, -0.2) is 4.79 Å². The van der Waals surface area contributed by atoms with Gasteiger partial charge in [-0.2, -0.15) is 11.8 Å². The second kappa shape index (κ2) is 8.47. The number of carboxylic acids is 1. The summed E-state index contributed by atoms with van der Waals surface area (Å²) in [5, 5.41) is 11.9. The Morgan fingerprint density at radius 1 is 1.35 bits per heavy atom. The van der Waals surface area contributed by atoms with Gasteiger partial charge < -0.3 is 15.3 Å². The first kappa shape index (κ1) is 16.4. The Labute approximate surface area is 123 Å². The zero-order chi connectivity index (χ0) is 15.0. The number of carbonyl (C=O) groups excluding carboxylic acids is 1. The molecule has 1 rings (SSSR count). The molecule has 0 fully saturated rings. The van der Waals surface area contributed by atoms with Crippen LogP contribution in [-0.2, 0) is 4.79 Å². The van der Waals surface area contributed by atoms with E-state index in [-0.39, 0.29) is 12.6 Å². The fourth-order valence-corrected chi connectivity index (χ4v) is 2.14. The zero-order valence-electron chi connectivity index (χ0n) is 11.7. The molecule has 1 aromatic carbocycles. The third-order valence-corrected chi connectivity index (χ3v) is 3.53. The normalized spacial score (nSPS) is 11.7. The third kappa shape index (κ3) is 5.13. The van der Waals surface area contributed by atoms with Gasteiger partial charge in [0.25, 0.3) is 0 Å². The Hall–Kier alpha value is -1.69. The smallest absolute Gasteiger partial charge is 0.317 e. The maximum atomic E-state index is 11.8. The molecule has 0 aliphatic rings. The number of benzene rings is 1. The van der Waals surface area contributed by atoms with Crippen LogP contribution >= 0.6 is 11.8 Å². The maximum absolute atomic E-state index is 11.8. The van der Waals surface area contributed by atoms with Crippen LogP contribution in [0.15, 0.2) is 30.3 Å². The average molecular weight is 296 g/mol. The minimum absolute atomic E-state index is 0.0851. The van der Waals surface area contributed by atoms with E-state index in [0.717, 1.165) is 5.75 Å². The summed E-state index contributed by atoms with van der Waals surface area (Å²) in [6.07, 6.45) is 1.97. The van der Waals surface area contributed by atoms with Crippen LogP contribution in [0.1, 0.15) is 11.5 Å². The van der Waals surface area contributed by atoms with E-state index in [4.69, 9.17) is 0 Å². The summed E-state index contributed by atoms with van der Waals surface area (Å²) in [4.78, 5) is 24.7. The molecule has 2 amide bonds. The number of hydrogen-bond donors (Lipinski definition) is 2. The van der Waals surface area contributed by atoms with Gasteiger partial charge in [-0.1, -0.05) is 30.3 Å². The van der Waals surface area contributed by atoms with Crippen LogP contribution < -0.4 is 5.32 Å². The zero-order valence-corrected chi connectivity index (χ0v) is 12.5. The Morgan fingerprint density at radius 3 is 2.55 bits per heavy atom. The molecule has 0 aliphatic carbocycles. The van der Waals surface area contributed by atoms with Gasteiger partial charge in [0, 0.05) is 25.9 Å². The number of hydrogen-bond acceptors (Lipinski definition) is 3. The van der Waals surface area contributed by atoms with Crippen molar-refractivity contribution in [3.63, 3.8) is 0 Å². The van der Waals surface area contributed by atoms with Gasteiger partial charge in [0.05, 0.1) is 5.92 Å². The molecule has 0 aliphatic heterocycles. The fourth-order valence-electron chi connectivity index (χ4n) is 1.69. The van der Waals surface area contributed by atoms with Crippen LogP contribution in [0.3, 0.4) is 0 Å². The highest BCUT2D eigenvalue weighted by Gasteiger charge is 2.21. The molecule has 0 saturated carbocycles. The van der Waals surface area contributed by atoms with Crippen molar-refractivity contribution in [3.8, 4) is 0 Å². The van der Waals surface area contributed by atoms with Crippen molar-refractivity contribution in [3.05, 3.63) is 35.9 Å². The van der Waals surface area contributed by atoms with E-state index in [1.807, 2.05) is 12.3 Å². The molecule has 0 spiro atoms. The lowest BCUT2D eigenvalue weighted by Gasteiger charge is -2.19. The van der Waals surface area contributed by atoms with Crippen LogP contribution in [0.5, 0.6) is 0 Å². The summed E-state index contributed by atoms with van der Waals surface area (Å²) < 4.78 is 0. The lowest BCUT2D eigenvalue weighted by Crippen LogP contribution is -2.41. The molecule has 0 radical (unpaired) electrons. The van der Waals surface area contributed by atoms with Crippen LogP contribution in [0, 0.1) is 0 Å². The van der Waals surface area contributed by atoms with E-state index < -0.39 is 11.9 Å². The Morgan fingerprint density at radius 2 is 2.00 bits per heavy atom. The molecule has 1 aromatic rings. The van der Waals surface area contributed by atoms with Crippen LogP contribution in [0.25, 0.3) is 0 Å². The van der Waals surface area contributed by atoms with E-state index in [1.165, 1.54) is 0 Å². The van der Waals surface area contributed by atoms with Gasteiger partial charge in [0.2, 0.25) is 0 Å². The highest BCUT2D eigenvalue weighted by Crippen LogP contribution is 2.14. The molecule has 1 unspecified atom stereocenters. The van der Waals surface area contributed by atoms with E-state index in [9.17, 15) is 14.7 Å². The first-order chi connectivity index (χ1) is 9.56. The maximum Gasteiger partial charge on any atom is 0.317 e. The number of rotatable bonds is 7. The predicted octanol–water partition coefficient (Wildman–Crippen LogP) is 1.86. The third-order valence-electron chi connectivity index (χ3n) is 2.93. The SMILES string of the molecule is CSCCN(C)C(=O)NCC(C(=O)O)c1ccccc1. The molecule has 2 N–H and O–H groups in total. The van der Waals surface area contributed by atoms with Crippen molar-refractivity contribution in [1.29, 1.82) is 0 Å². The first-order valence-electron chi connectivity index (χ1n) is 6.32. The molecular weight excluding hydrogens is 276 g/mol. The van der Waals surface area contributed by atoms with Crippen molar-refractivity contribution in [1.82, 2.24) is 10.2 Å². The minimum Gasteiger partial charge on any atom is -0.481 e. The number of nitrogens with zero attached hydrogens (tertiary/aromatic N) is 1. The molecule has 20 heavy (non-hydrogen) atoms. The number of nitrogens with one attached hydrogen (secondary N) is 1. The Balaban J connectivity index is 2.56. The summed E-state index contributed by atoms with van der Waals surface area (Å²) in [5.41, 5.74) is 0.687. The molecule has 0 bridgehead atoms. The number of amides is 2.